The molecule has 0 aliphatic heterocycles. The Morgan fingerprint density at radius 3 is 2.94 bits per heavy atom. The van der Waals surface area contributed by atoms with Crippen LogP contribution in [0.1, 0.15) is 11.3 Å². The molecule has 0 saturated carbocycles. The second-order valence-corrected chi connectivity index (χ2v) is 5.83. The van der Waals surface area contributed by atoms with Crippen molar-refractivity contribution in [3.8, 4) is 0 Å². The first-order valence-corrected chi connectivity index (χ1v) is 7.03. The fraction of sp³-hybridized carbons (Fsp3) is 0.222. The normalized spacial score (nSPS) is 11.8. The molecule has 0 amide bonds. The first-order valence-electron chi connectivity index (χ1n) is 4.60. The van der Waals surface area contributed by atoms with E-state index in [1.165, 1.54) is 17.5 Å². The minimum absolute atomic E-state index is 0.197. The highest BCUT2D eigenvalue weighted by molar-refractivity contribution is 7.89. The highest BCUT2D eigenvalue weighted by Crippen LogP contribution is 2.12. The fourth-order valence-corrected chi connectivity index (χ4v) is 3.08. The van der Waals surface area contributed by atoms with E-state index >= 15 is 0 Å². The molecule has 0 spiro atoms. The summed E-state index contributed by atoms with van der Waals surface area (Å²) >= 11 is 1.54. The van der Waals surface area contributed by atoms with Gasteiger partial charge in [0.25, 0.3) is 0 Å². The molecule has 2 N–H and O–H groups in total. The Morgan fingerprint density at radius 1 is 1.56 bits per heavy atom. The van der Waals surface area contributed by atoms with Crippen molar-refractivity contribution in [2.24, 2.45) is 0 Å². The smallest absolute Gasteiger partial charge is 0.244 e. The zero-order chi connectivity index (χ0) is 11.6. The van der Waals surface area contributed by atoms with Crippen LogP contribution in [0.25, 0.3) is 0 Å². The van der Waals surface area contributed by atoms with E-state index in [1.807, 2.05) is 16.8 Å². The van der Waals surface area contributed by atoms with Crippen molar-refractivity contribution in [1.29, 1.82) is 0 Å². The van der Waals surface area contributed by atoms with Gasteiger partial charge in [-0.1, -0.05) is 0 Å². The van der Waals surface area contributed by atoms with Crippen LogP contribution in [0.2, 0.25) is 0 Å². The van der Waals surface area contributed by atoms with Gasteiger partial charge in [0.2, 0.25) is 10.0 Å². The van der Waals surface area contributed by atoms with Crippen molar-refractivity contribution in [2.75, 3.05) is 0 Å². The highest BCUT2D eigenvalue weighted by atomic mass is 32.2. The molecular formula is C9H11N3O2S2. The Kier molecular flexibility index (Phi) is 3.08. The van der Waals surface area contributed by atoms with Gasteiger partial charge in [0.1, 0.15) is 4.90 Å². The number of aromatic amines is 1. The number of hydrogen-bond acceptors (Lipinski definition) is 4. The number of sulfonamides is 1. The van der Waals surface area contributed by atoms with Gasteiger partial charge in [-0.05, 0) is 29.3 Å². The zero-order valence-electron chi connectivity index (χ0n) is 8.60. The van der Waals surface area contributed by atoms with E-state index in [4.69, 9.17) is 0 Å². The molecular weight excluding hydrogens is 246 g/mol. The molecule has 0 saturated heterocycles. The molecule has 2 rings (SSSR count). The lowest BCUT2D eigenvalue weighted by Crippen LogP contribution is -2.23. The number of hydrogen-bond donors (Lipinski definition) is 2. The Bertz CT molecular complexity index is 557. The number of thiophene rings is 1. The molecule has 0 radical (unpaired) electrons. The summed E-state index contributed by atoms with van der Waals surface area (Å²) in [5, 5.41) is 10.1. The third-order valence-electron chi connectivity index (χ3n) is 2.12. The predicted octanol–water partition coefficient (Wildman–Crippen LogP) is 1.26. The maximum Gasteiger partial charge on any atom is 0.244 e. The second-order valence-electron chi connectivity index (χ2n) is 3.32. The summed E-state index contributed by atoms with van der Waals surface area (Å²) in [4.78, 5) is 0.197. The van der Waals surface area contributed by atoms with Gasteiger partial charge in [0, 0.05) is 6.54 Å². The quantitative estimate of drug-likeness (QED) is 0.865. The Balaban J connectivity index is 2.13. The zero-order valence-corrected chi connectivity index (χ0v) is 10.2. The summed E-state index contributed by atoms with van der Waals surface area (Å²) in [5.74, 6) is 0. The average Bonchev–Trinajstić information content (AvgIpc) is 2.85. The summed E-state index contributed by atoms with van der Waals surface area (Å²) < 4.78 is 26.2. The van der Waals surface area contributed by atoms with E-state index in [9.17, 15) is 8.42 Å². The van der Waals surface area contributed by atoms with E-state index in [1.54, 1.807) is 6.92 Å². The lowest BCUT2D eigenvalue weighted by atomic mass is 10.4. The maximum absolute atomic E-state index is 11.8. The molecule has 2 aromatic rings. The molecule has 2 aromatic heterocycles. The van der Waals surface area contributed by atoms with Crippen molar-refractivity contribution in [1.82, 2.24) is 14.9 Å². The number of aryl methyl sites for hydroxylation is 1. The average molecular weight is 257 g/mol. The number of nitrogens with one attached hydrogen (secondary N) is 2. The van der Waals surface area contributed by atoms with Gasteiger partial charge in [-0.2, -0.15) is 16.4 Å². The van der Waals surface area contributed by atoms with Crippen molar-refractivity contribution in [3.63, 3.8) is 0 Å². The third kappa shape index (κ3) is 2.31. The van der Waals surface area contributed by atoms with Crippen molar-refractivity contribution in [3.05, 3.63) is 34.3 Å². The SMILES string of the molecule is Cc1[nH]ncc1S(=O)(=O)NCc1ccsc1. The molecule has 5 nitrogen and oxygen atoms in total. The number of nitrogens with zero attached hydrogens (tertiary/aromatic N) is 1. The molecule has 0 unspecified atom stereocenters. The van der Waals surface area contributed by atoms with Crippen molar-refractivity contribution in [2.45, 2.75) is 18.4 Å². The minimum Gasteiger partial charge on any atom is -0.281 e. The standard InChI is InChI=1S/C9H11N3O2S2/c1-7-9(5-10-12-7)16(13,14)11-4-8-2-3-15-6-8/h2-3,5-6,11H,4H2,1H3,(H,10,12). The van der Waals surface area contributed by atoms with Crippen LogP contribution in [0.3, 0.4) is 0 Å². The van der Waals surface area contributed by atoms with Crippen LogP contribution >= 0.6 is 11.3 Å². The van der Waals surface area contributed by atoms with E-state index in [0.29, 0.717) is 12.2 Å². The van der Waals surface area contributed by atoms with Crippen molar-refractivity contribution < 1.29 is 8.42 Å². The summed E-state index contributed by atoms with van der Waals surface area (Å²) in [7, 11) is -3.46. The van der Waals surface area contributed by atoms with Crippen LogP contribution in [-0.2, 0) is 16.6 Å². The number of H-pyrrole nitrogens is 1. The van der Waals surface area contributed by atoms with Crippen molar-refractivity contribution >= 4 is 21.4 Å². The van der Waals surface area contributed by atoms with E-state index < -0.39 is 10.0 Å². The predicted molar refractivity (Wildman–Crippen MR) is 61.7 cm³/mol. The van der Waals surface area contributed by atoms with E-state index in [2.05, 4.69) is 14.9 Å². The molecule has 86 valence electrons. The molecule has 0 atom stereocenters. The first kappa shape index (κ1) is 11.3. The Labute approximate surface area is 97.6 Å². The first-order chi connectivity index (χ1) is 7.59. The van der Waals surface area contributed by atoms with Gasteiger partial charge in [-0.3, -0.25) is 5.10 Å². The van der Waals surface area contributed by atoms with Gasteiger partial charge in [0.15, 0.2) is 0 Å². The molecule has 16 heavy (non-hydrogen) atoms. The summed E-state index contributed by atoms with van der Waals surface area (Å²) in [6.07, 6.45) is 1.31. The van der Waals surface area contributed by atoms with E-state index in [0.717, 1.165) is 5.56 Å². The summed E-state index contributed by atoms with van der Waals surface area (Å²) in [5.41, 5.74) is 1.49. The Morgan fingerprint density at radius 2 is 2.38 bits per heavy atom. The second kappa shape index (κ2) is 4.36. The van der Waals surface area contributed by atoms with Crippen LogP contribution in [0.15, 0.2) is 27.9 Å². The molecule has 0 bridgehead atoms. The maximum atomic E-state index is 11.8. The van der Waals surface area contributed by atoms with Crippen LogP contribution in [-0.4, -0.2) is 18.6 Å². The number of rotatable bonds is 4. The van der Waals surface area contributed by atoms with Gasteiger partial charge >= 0.3 is 0 Å². The molecule has 0 aliphatic carbocycles. The van der Waals surface area contributed by atoms with Crippen LogP contribution in [0.5, 0.6) is 0 Å². The topological polar surface area (TPSA) is 74.8 Å². The molecule has 0 aromatic carbocycles. The Hall–Kier alpha value is -1.18. The van der Waals surface area contributed by atoms with Gasteiger partial charge in [-0.25, -0.2) is 13.1 Å². The molecule has 0 aliphatic rings. The lowest BCUT2D eigenvalue weighted by Gasteiger charge is -2.03. The van der Waals surface area contributed by atoms with Crippen LogP contribution < -0.4 is 4.72 Å². The molecule has 0 fully saturated rings. The lowest BCUT2D eigenvalue weighted by molar-refractivity contribution is 0.581. The number of aromatic nitrogens is 2. The minimum atomic E-state index is -3.46. The summed E-state index contributed by atoms with van der Waals surface area (Å²) in [6, 6.07) is 1.88. The highest BCUT2D eigenvalue weighted by Gasteiger charge is 2.17. The molecule has 7 heteroatoms. The summed E-state index contributed by atoms with van der Waals surface area (Å²) in [6.45, 7) is 1.97. The monoisotopic (exact) mass is 257 g/mol. The van der Waals surface area contributed by atoms with Crippen LogP contribution in [0.4, 0.5) is 0 Å². The largest absolute Gasteiger partial charge is 0.281 e. The van der Waals surface area contributed by atoms with Crippen LogP contribution in [0, 0.1) is 6.92 Å². The van der Waals surface area contributed by atoms with E-state index in [-0.39, 0.29) is 4.90 Å². The van der Waals surface area contributed by atoms with Gasteiger partial charge in [0.05, 0.1) is 11.9 Å². The molecule has 2 heterocycles. The third-order valence-corrected chi connectivity index (χ3v) is 4.37. The van der Waals surface area contributed by atoms with Gasteiger partial charge < -0.3 is 0 Å². The van der Waals surface area contributed by atoms with Gasteiger partial charge in [-0.15, -0.1) is 0 Å². The fourth-order valence-electron chi connectivity index (χ4n) is 1.26.